The average molecular weight is 236 g/mol. The molecule has 0 amide bonds. The molecule has 0 N–H and O–H groups in total. The predicted molar refractivity (Wildman–Crippen MR) is 78.4 cm³/mol. The van der Waals surface area contributed by atoms with E-state index in [9.17, 15) is 0 Å². The zero-order valence-corrected chi connectivity index (χ0v) is 10.3. The minimum Gasteiger partial charge on any atom is -0.103 e. The van der Waals surface area contributed by atoms with Crippen molar-refractivity contribution in [2.24, 2.45) is 0 Å². The zero-order valence-electron chi connectivity index (χ0n) is 9.44. The van der Waals surface area contributed by atoms with Crippen LogP contribution in [0.4, 0.5) is 0 Å². The van der Waals surface area contributed by atoms with Crippen LogP contribution in [0.3, 0.4) is 0 Å². The summed E-state index contributed by atoms with van der Waals surface area (Å²) in [6, 6.07) is 12.7. The Balaban J connectivity index is 2.36. The molecule has 0 saturated carbocycles. The van der Waals surface area contributed by atoms with E-state index < -0.39 is 0 Å². The lowest BCUT2D eigenvalue weighted by molar-refractivity contribution is 1.35. The molecule has 0 heterocycles. The molecule has 0 bridgehead atoms. The van der Waals surface area contributed by atoms with Crippen LogP contribution in [0.15, 0.2) is 54.6 Å². The zero-order chi connectivity index (χ0) is 11.8. The van der Waals surface area contributed by atoms with E-state index >= 15 is 0 Å². The molecule has 0 aromatic heterocycles. The molecule has 0 atom stereocenters. The van der Waals surface area contributed by atoms with E-state index in [0.717, 1.165) is 11.3 Å². The summed E-state index contributed by atoms with van der Waals surface area (Å²) >= 11 is 5.56. The summed E-state index contributed by atoms with van der Waals surface area (Å²) in [6.07, 6.45) is 4.94. The Morgan fingerprint density at radius 3 is 2.65 bits per heavy atom. The molecule has 0 unspecified atom stereocenters. The summed E-state index contributed by atoms with van der Waals surface area (Å²) in [4.78, 5) is 0.967. The summed E-state index contributed by atoms with van der Waals surface area (Å²) in [6.45, 7) is 3.79. The number of thiocarbonyl (C=S) groups is 1. The normalized spacial score (nSPS) is 13.6. The lowest BCUT2D eigenvalue weighted by atomic mass is 9.88. The van der Waals surface area contributed by atoms with Crippen molar-refractivity contribution in [3.05, 3.63) is 65.8 Å². The van der Waals surface area contributed by atoms with Crippen LogP contribution in [0.2, 0.25) is 0 Å². The van der Waals surface area contributed by atoms with Crippen LogP contribution in [0, 0.1) is 0 Å². The standard InChI is InChI=1S/C16H12S/c1-2-5-13-10-12-8-3-6-11-7-4-9-14(15(11)12)16(13)17/h2-4,6-10H,1,5H2. The van der Waals surface area contributed by atoms with Crippen molar-refractivity contribution in [3.8, 4) is 0 Å². The number of benzene rings is 2. The molecule has 0 spiro atoms. The van der Waals surface area contributed by atoms with Gasteiger partial charge in [-0.2, -0.15) is 0 Å². The molecule has 1 aliphatic carbocycles. The molecule has 3 rings (SSSR count). The van der Waals surface area contributed by atoms with E-state index in [4.69, 9.17) is 12.2 Å². The van der Waals surface area contributed by atoms with Gasteiger partial charge in [0.15, 0.2) is 0 Å². The fraction of sp³-hybridized carbons (Fsp3) is 0.0625. The third-order valence-electron chi connectivity index (χ3n) is 3.17. The predicted octanol–water partition coefficient (Wildman–Crippen LogP) is 4.53. The van der Waals surface area contributed by atoms with E-state index in [1.54, 1.807) is 0 Å². The van der Waals surface area contributed by atoms with Crippen LogP contribution >= 0.6 is 12.2 Å². The van der Waals surface area contributed by atoms with Gasteiger partial charge in [0.2, 0.25) is 0 Å². The molecule has 1 heteroatoms. The Kier molecular flexibility index (Phi) is 2.41. The first-order valence-electron chi connectivity index (χ1n) is 5.69. The van der Waals surface area contributed by atoms with Gasteiger partial charge in [-0.3, -0.25) is 0 Å². The molecule has 0 saturated heterocycles. The topological polar surface area (TPSA) is 0 Å². The van der Waals surface area contributed by atoms with Crippen LogP contribution in [0.1, 0.15) is 17.5 Å². The Labute approximate surface area is 106 Å². The van der Waals surface area contributed by atoms with Crippen LogP contribution < -0.4 is 0 Å². The molecule has 2 aromatic carbocycles. The molecule has 1 aliphatic rings. The second-order valence-electron chi connectivity index (χ2n) is 4.24. The summed E-state index contributed by atoms with van der Waals surface area (Å²) in [5.41, 5.74) is 3.65. The first-order valence-corrected chi connectivity index (χ1v) is 6.10. The van der Waals surface area contributed by atoms with Crippen molar-refractivity contribution in [2.75, 3.05) is 0 Å². The van der Waals surface area contributed by atoms with Crippen molar-refractivity contribution < 1.29 is 0 Å². The monoisotopic (exact) mass is 236 g/mol. The van der Waals surface area contributed by atoms with Crippen molar-refractivity contribution in [1.29, 1.82) is 0 Å². The molecule has 82 valence electrons. The molecule has 2 aromatic rings. The van der Waals surface area contributed by atoms with E-state index in [2.05, 4.69) is 49.1 Å². The minimum absolute atomic E-state index is 0.837. The van der Waals surface area contributed by atoms with Gasteiger partial charge in [0.25, 0.3) is 0 Å². The fourth-order valence-corrected chi connectivity index (χ4v) is 2.73. The van der Waals surface area contributed by atoms with Crippen LogP contribution in [-0.4, -0.2) is 4.86 Å². The quantitative estimate of drug-likeness (QED) is 0.545. The van der Waals surface area contributed by atoms with Gasteiger partial charge in [-0.05, 0) is 34.4 Å². The molecular weight excluding hydrogens is 224 g/mol. The van der Waals surface area contributed by atoms with Crippen molar-refractivity contribution >= 4 is 33.9 Å². The molecule has 0 fully saturated rings. The Morgan fingerprint density at radius 1 is 1.12 bits per heavy atom. The van der Waals surface area contributed by atoms with Gasteiger partial charge in [0.1, 0.15) is 0 Å². The van der Waals surface area contributed by atoms with Crippen LogP contribution in [0.5, 0.6) is 0 Å². The van der Waals surface area contributed by atoms with Gasteiger partial charge in [0.05, 0.1) is 0 Å². The minimum atomic E-state index is 0.837. The molecule has 0 aliphatic heterocycles. The van der Waals surface area contributed by atoms with Gasteiger partial charge in [-0.15, -0.1) is 6.58 Å². The van der Waals surface area contributed by atoms with Crippen LogP contribution in [-0.2, 0) is 0 Å². The number of hydrogen-bond donors (Lipinski definition) is 0. The highest BCUT2D eigenvalue weighted by molar-refractivity contribution is 7.81. The summed E-state index contributed by atoms with van der Waals surface area (Å²) in [5, 5.41) is 2.55. The van der Waals surface area contributed by atoms with Gasteiger partial charge in [-0.1, -0.05) is 54.7 Å². The maximum atomic E-state index is 5.56. The third-order valence-corrected chi connectivity index (χ3v) is 3.65. The van der Waals surface area contributed by atoms with E-state index in [1.165, 1.54) is 27.5 Å². The molecule has 0 radical (unpaired) electrons. The smallest absolute Gasteiger partial charge is 0.0491 e. The van der Waals surface area contributed by atoms with Gasteiger partial charge < -0.3 is 0 Å². The van der Waals surface area contributed by atoms with Gasteiger partial charge in [-0.25, -0.2) is 0 Å². The molecule has 0 nitrogen and oxygen atoms in total. The van der Waals surface area contributed by atoms with Gasteiger partial charge in [0, 0.05) is 10.4 Å². The largest absolute Gasteiger partial charge is 0.103 e. The first-order chi connectivity index (χ1) is 8.31. The van der Waals surface area contributed by atoms with Crippen molar-refractivity contribution in [1.82, 2.24) is 0 Å². The summed E-state index contributed by atoms with van der Waals surface area (Å²) < 4.78 is 0. The van der Waals surface area contributed by atoms with Gasteiger partial charge >= 0.3 is 0 Å². The maximum Gasteiger partial charge on any atom is 0.0491 e. The highest BCUT2D eigenvalue weighted by Crippen LogP contribution is 2.32. The number of allylic oxidation sites excluding steroid dienone is 2. The second kappa shape index (κ2) is 3.94. The van der Waals surface area contributed by atoms with E-state index in [-0.39, 0.29) is 0 Å². The molecular formula is C16H12S. The van der Waals surface area contributed by atoms with E-state index in [0.29, 0.717) is 0 Å². The number of rotatable bonds is 2. The summed E-state index contributed by atoms with van der Waals surface area (Å²) in [7, 11) is 0. The Hall–Kier alpha value is -1.73. The lowest BCUT2D eigenvalue weighted by Gasteiger charge is -2.18. The number of hydrogen-bond acceptors (Lipinski definition) is 1. The molecule has 17 heavy (non-hydrogen) atoms. The second-order valence-corrected chi connectivity index (χ2v) is 4.65. The highest BCUT2D eigenvalue weighted by Gasteiger charge is 2.16. The summed E-state index contributed by atoms with van der Waals surface area (Å²) in [5.74, 6) is 0. The van der Waals surface area contributed by atoms with Crippen LogP contribution in [0.25, 0.3) is 16.8 Å². The average Bonchev–Trinajstić information content (AvgIpc) is 2.36. The highest BCUT2D eigenvalue weighted by atomic mass is 32.1. The van der Waals surface area contributed by atoms with E-state index in [1.807, 2.05) is 6.08 Å². The Bertz CT molecular complexity index is 657. The lowest BCUT2D eigenvalue weighted by Crippen LogP contribution is -2.07. The first kappa shape index (κ1) is 10.4. The fourth-order valence-electron chi connectivity index (χ4n) is 2.41. The SMILES string of the molecule is C=CCC1=Cc2cccc3cccc(c23)C1=S. The Morgan fingerprint density at radius 2 is 1.88 bits per heavy atom. The third kappa shape index (κ3) is 1.55. The van der Waals surface area contributed by atoms with Crippen molar-refractivity contribution in [3.63, 3.8) is 0 Å². The van der Waals surface area contributed by atoms with Crippen molar-refractivity contribution in [2.45, 2.75) is 6.42 Å². The maximum absolute atomic E-state index is 5.56.